The Balaban J connectivity index is 2.09. The Morgan fingerprint density at radius 1 is 1.04 bits per heavy atom. The number of para-hydroxylation sites is 2. The van der Waals surface area contributed by atoms with Gasteiger partial charge in [0.05, 0.1) is 12.3 Å². The van der Waals surface area contributed by atoms with Crippen LogP contribution in [0.1, 0.15) is 20.8 Å². The maximum atomic E-state index is 12.6. The molecular weight excluding hydrogens is 322 g/mol. The zero-order valence-corrected chi connectivity index (χ0v) is 15.0. The van der Waals surface area contributed by atoms with Gasteiger partial charge in [-0.2, -0.15) is 0 Å². The molecule has 25 heavy (non-hydrogen) atoms. The summed E-state index contributed by atoms with van der Waals surface area (Å²) in [7, 11) is 0. The van der Waals surface area contributed by atoms with Crippen LogP contribution in [0.25, 0.3) is 0 Å². The van der Waals surface area contributed by atoms with Crippen molar-refractivity contribution in [3.63, 3.8) is 0 Å². The van der Waals surface area contributed by atoms with E-state index in [-0.39, 0.29) is 24.3 Å². The second-order valence-electron chi connectivity index (χ2n) is 5.89. The summed E-state index contributed by atoms with van der Waals surface area (Å²) in [5.41, 5.74) is 0.590. The van der Waals surface area contributed by atoms with Gasteiger partial charge in [-0.1, -0.05) is 12.1 Å². The van der Waals surface area contributed by atoms with Gasteiger partial charge in [-0.3, -0.25) is 19.3 Å². The van der Waals surface area contributed by atoms with Crippen molar-refractivity contribution in [1.29, 1.82) is 0 Å². The highest BCUT2D eigenvalue weighted by atomic mass is 16.5. The van der Waals surface area contributed by atoms with Crippen molar-refractivity contribution in [3.05, 3.63) is 24.3 Å². The number of amides is 3. The lowest BCUT2D eigenvalue weighted by molar-refractivity contribution is -0.137. The van der Waals surface area contributed by atoms with Crippen LogP contribution in [0.3, 0.4) is 0 Å². The van der Waals surface area contributed by atoms with Gasteiger partial charge in [-0.15, -0.1) is 0 Å². The van der Waals surface area contributed by atoms with Crippen LogP contribution < -0.4 is 9.64 Å². The summed E-state index contributed by atoms with van der Waals surface area (Å²) in [4.78, 5) is 41.0. The largest absolute Gasteiger partial charge is 0.492 e. The smallest absolute Gasteiger partial charge is 0.242 e. The molecule has 0 unspecified atom stereocenters. The molecule has 0 saturated carbocycles. The van der Waals surface area contributed by atoms with Crippen molar-refractivity contribution in [2.45, 2.75) is 20.8 Å². The lowest BCUT2D eigenvalue weighted by Crippen LogP contribution is -2.52. The van der Waals surface area contributed by atoms with Crippen molar-refractivity contribution >= 4 is 23.4 Å². The molecule has 2 rings (SSSR count). The van der Waals surface area contributed by atoms with Crippen LogP contribution in [0.5, 0.6) is 5.75 Å². The first-order valence-electron chi connectivity index (χ1n) is 8.47. The van der Waals surface area contributed by atoms with Crippen LogP contribution in [0, 0.1) is 0 Å². The highest BCUT2D eigenvalue weighted by Gasteiger charge is 2.26. The number of hydrogen-bond donors (Lipinski definition) is 0. The van der Waals surface area contributed by atoms with Crippen molar-refractivity contribution in [3.8, 4) is 5.75 Å². The highest BCUT2D eigenvalue weighted by molar-refractivity contribution is 5.98. The Bertz CT molecular complexity index is 639. The van der Waals surface area contributed by atoms with Crippen molar-refractivity contribution in [2.75, 3.05) is 44.2 Å². The van der Waals surface area contributed by atoms with Crippen molar-refractivity contribution in [1.82, 2.24) is 9.80 Å². The number of rotatable bonds is 5. The number of piperazine rings is 1. The molecule has 0 radical (unpaired) electrons. The maximum Gasteiger partial charge on any atom is 0.242 e. The molecule has 0 bridgehead atoms. The van der Waals surface area contributed by atoms with Gasteiger partial charge in [0, 0.05) is 40.0 Å². The Labute approximate surface area is 148 Å². The van der Waals surface area contributed by atoms with E-state index in [1.807, 2.05) is 19.1 Å². The van der Waals surface area contributed by atoms with E-state index >= 15 is 0 Å². The molecule has 1 aliphatic heterocycles. The Morgan fingerprint density at radius 2 is 1.64 bits per heavy atom. The van der Waals surface area contributed by atoms with Gasteiger partial charge in [-0.05, 0) is 19.1 Å². The Morgan fingerprint density at radius 3 is 2.20 bits per heavy atom. The molecule has 3 amide bonds. The number of carbonyl (C=O) groups is 3. The van der Waals surface area contributed by atoms with E-state index in [4.69, 9.17) is 4.74 Å². The molecule has 7 heteroatoms. The highest BCUT2D eigenvalue weighted by Crippen LogP contribution is 2.28. The second-order valence-corrected chi connectivity index (χ2v) is 5.89. The number of benzene rings is 1. The van der Waals surface area contributed by atoms with Gasteiger partial charge >= 0.3 is 0 Å². The molecule has 0 spiro atoms. The summed E-state index contributed by atoms with van der Waals surface area (Å²) in [5, 5.41) is 0. The molecular formula is C18H25N3O4. The minimum absolute atomic E-state index is 0.0168. The standard InChI is InChI=1S/C18H25N3O4/c1-4-25-17-8-6-5-7-16(17)21(15(3)23)13-18(24)20-11-9-19(10-12-20)14(2)22/h5-8H,4,9-13H2,1-3H3. The third-order valence-electron chi connectivity index (χ3n) is 4.21. The number of nitrogens with zero attached hydrogens (tertiary/aromatic N) is 3. The minimum atomic E-state index is -0.220. The van der Waals surface area contributed by atoms with E-state index in [1.54, 1.807) is 21.9 Å². The molecule has 136 valence electrons. The Hall–Kier alpha value is -2.57. The molecule has 0 aliphatic carbocycles. The van der Waals surface area contributed by atoms with E-state index in [2.05, 4.69) is 0 Å². The average molecular weight is 347 g/mol. The molecule has 0 N–H and O–H groups in total. The molecule has 1 fully saturated rings. The monoisotopic (exact) mass is 347 g/mol. The van der Waals surface area contributed by atoms with E-state index in [9.17, 15) is 14.4 Å². The van der Waals surface area contributed by atoms with Crippen molar-refractivity contribution in [2.24, 2.45) is 0 Å². The van der Waals surface area contributed by atoms with E-state index in [1.165, 1.54) is 18.7 Å². The first-order chi connectivity index (χ1) is 11.9. The third kappa shape index (κ3) is 4.71. The van der Waals surface area contributed by atoms with Crippen LogP contribution in [0.4, 0.5) is 5.69 Å². The normalized spacial score (nSPS) is 14.2. The predicted molar refractivity (Wildman–Crippen MR) is 94.5 cm³/mol. The quantitative estimate of drug-likeness (QED) is 0.801. The van der Waals surface area contributed by atoms with E-state index in [0.29, 0.717) is 44.2 Å². The second kappa shape index (κ2) is 8.50. The average Bonchev–Trinajstić information content (AvgIpc) is 2.60. The lowest BCUT2D eigenvalue weighted by atomic mass is 10.2. The molecule has 0 aromatic heterocycles. The van der Waals surface area contributed by atoms with Gasteiger partial charge in [0.1, 0.15) is 12.3 Å². The molecule has 7 nitrogen and oxygen atoms in total. The summed E-state index contributed by atoms with van der Waals surface area (Å²) in [6.45, 7) is 7.28. The number of ether oxygens (including phenoxy) is 1. The van der Waals surface area contributed by atoms with Gasteiger partial charge in [0.25, 0.3) is 0 Å². The van der Waals surface area contributed by atoms with E-state index in [0.717, 1.165) is 0 Å². The fourth-order valence-corrected chi connectivity index (χ4v) is 2.83. The first kappa shape index (κ1) is 18.8. The molecule has 1 aromatic carbocycles. The zero-order valence-electron chi connectivity index (χ0n) is 15.0. The Kier molecular flexibility index (Phi) is 6.38. The first-order valence-corrected chi connectivity index (χ1v) is 8.47. The summed E-state index contributed by atoms with van der Waals surface area (Å²) in [6, 6.07) is 7.19. The summed E-state index contributed by atoms with van der Waals surface area (Å²) >= 11 is 0. The van der Waals surface area contributed by atoms with Crippen LogP contribution in [0.2, 0.25) is 0 Å². The van der Waals surface area contributed by atoms with Gasteiger partial charge in [-0.25, -0.2) is 0 Å². The zero-order chi connectivity index (χ0) is 18.4. The molecule has 1 aliphatic rings. The number of anilines is 1. The number of carbonyl (C=O) groups excluding carboxylic acids is 3. The fraction of sp³-hybridized carbons (Fsp3) is 0.500. The van der Waals surface area contributed by atoms with Gasteiger partial charge in [0.15, 0.2) is 0 Å². The number of hydrogen-bond acceptors (Lipinski definition) is 4. The SMILES string of the molecule is CCOc1ccccc1N(CC(=O)N1CCN(C(C)=O)CC1)C(C)=O. The van der Waals surface area contributed by atoms with Gasteiger partial charge < -0.3 is 14.5 Å². The lowest BCUT2D eigenvalue weighted by Gasteiger charge is -2.35. The van der Waals surface area contributed by atoms with Crippen LogP contribution in [-0.4, -0.2) is 66.9 Å². The molecule has 1 heterocycles. The van der Waals surface area contributed by atoms with Crippen LogP contribution in [-0.2, 0) is 14.4 Å². The third-order valence-corrected chi connectivity index (χ3v) is 4.21. The predicted octanol–water partition coefficient (Wildman–Crippen LogP) is 1.13. The summed E-state index contributed by atoms with van der Waals surface area (Å²) < 4.78 is 5.57. The summed E-state index contributed by atoms with van der Waals surface area (Å²) in [6.07, 6.45) is 0. The van der Waals surface area contributed by atoms with Crippen LogP contribution in [0.15, 0.2) is 24.3 Å². The van der Waals surface area contributed by atoms with Gasteiger partial charge in [0.2, 0.25) is 17.7 Å². The maximum absolute atomic E-state index is 12.6. The summed E-state index contributed by atoms with van der Waals surface area (Å²) in [5.74, 6) is 0.241. The van der Waals surface area contributed by atoms with Crippen molar-refractivity contribution < 1.29 is 19.1 Å². The minimum Gasteiger partial charge on any atom is -0.492 e. The molecule has 0 atom stereocenters. The molecule has 1 saturated heterocycles. The fourth-order valence-electron chi connectivity index (χ4n) is 2.83. The van der Waals surface area contributed by atoms with Crippen LogP contribution >= 0.6 is 0 Å². The topological polar surface area (TPSA) is 70.2 Å². The molecule has 1 aromatic rings. The van der Waals surface area contributed by atoms with E-state index < -0.39 is 0 Å².